The zero-order valence-corrected chi connectivity index (χ0v) is 28.7. The average Bonchev–Trinajstić information content (AvgIpc) is 2.97. The Bertz CT molecular complexity index is 412. The lowest BCUT2D eigenvalue weighted by molar-refractivity contribution is 0.372. The highest BCUT2D eigenvalue weighted by Gasteiger charge is 2.08. The molecule has 241 valence electrons. The second kappa shape index (κ2) is 37.0. The fourth-order valence-electron chi connectivity index (χ4n) is 6.65. The van der Waals surface area contributed by atoms with E-state index in [1.807, 2.05) is 0 Å². The zero-order valence-electron chi connectivity index (χ0n) is 28.7. The van der Waals surface area contributed by atoms with E-state index >= 15 is 0 Å². The van der Waals surface area contributed by atoms with Crippen LogP contribution in [0.3, 0.4) is 0 Å². The van der Waals surface area contributed by atoms with Gasteiger partial charge in [0.15, 0.2) is 0 Å². The highest BCUT2D eigenvalue weighted by atomic mass is 14.1. The number of hydrogen-bond acceptors (Lipinski definition) is 0. The first kappa shape index (κ1) is 40.0. The van der Waals surface area contributed by atoms with Gasteiger partial charge in [0.1, 0.15) is 0 Å². The van der Waals surface area contributed by atoms with Crippen molar-refractivity contribution in [3.63, 3.8) is 0 Å². The first-order chi connectivity index (χ1) is 19.8. The fourth-order valence-corrected chi connectivity index (χ4v) is 6.65. The molecule has 0 aromatic rings. The van der Waals surface area contributed by atoms with Crippen LogP contribution in [0.1, 0.15) is 245 Å². The van der Waals surface area contributed by atoms with Crippen LogP contribution in [-0.4, -0.2) is 0 Å². The molecule has 0 heteroatoms. The molecule has 0 saturated heterocycles. The smallest absolute Gasteiger partial charge is 0.0414 e. The summed E-state index contributed by atoms with van der Waals surface area (Å²) in [4.78, 5) is 0. The van der Waals surface area contributed by atoms with Crippen LogP contribution in [0.2, 0.25) is 0 Å². The van der Waals surface area contributed by atoms with Gasteiger partial charge in [-0.2, -0.15) is 0 Å². The summed E-state index contributed by atoms with van der Waals surface area (Å²) in [5.74, 6) is 0.996. The van der Waals surface area contributed by atoms with Gasteiger partial charge in [-0.25, -0.2) is 0 Å². The third-order valence-corrected chi connectivity index (χ3v) is 9.54. The second-order valence-corrected chi connectivity index (χ2v) is 13.7. The predicted molar refractivity (Wildman–Crippen MR) is 186 cm³/mol. The van der Waals surface area contributed by atoms with E-state index in [0.717, 1.165) is 12.3 Å². The molecule has 0 nitrogen and oxygen atoms in total. The van der Waals surface area contributed by atoms with E-state index in [2.05, 4.69) is 20.8 Å². The quantitative estimate of drug-likeness (QED) is 0.0667. The van der Waals surface area contributed by atoms with E-state index in [1.54, 1.807) is 0 Å². The molecule has 0 spiro atoms. The molecule has 1 atom stereocenters. The molecule has 0 saturated carbocycles. The summed E-state index contributed by atoms with van der Waals surface area (Å²) in [7, 11) is 0. The SMILES string of the molecule is [CH2]CCCC(CCCCCCCCCCCCCCCCC)CCCCCCCCCCCCCCCCCC. The lowest BCUT2D eigenvalue weighted by Gasteiger charge is -2.16. The molecule has 0 aromatic heterocycles. The van der Waals surface area contributed by atoms with Crippen molar-refractivity contribution in [3.05, 3.63) is 6.92 Å². The molecule has 0 fully saturated rings. The molecule has 1 radical (unpaired) electrons. The third-order valence-electron chi connectivity index (χ3n) is 9.54. The minimum atomic E-state index is 0.996. The highest BCUT2D eigenvalue weighted by Crippen LogP contribution is 2.24. The van der Waals surface area contributed by atoms with Crippen LogP contribution in [0.15, 0.2) is 0 Å². The largest absolute Gasteiger partial charge is 0.0654 e. The summed E-state index contributed by atoms with van der Waals surface area (Å²) in [5, 5.41) is 0. The summed E-state index contributed by atoms with van der Waals surface area (Å²) in [5.41, 5.74) is 0. The Kier molecular flexibility index (Phi) is 37.0. The van der Waals surface area contributed by atoms with Gasteiger partial charge < -0.3 is 0 Å². The van der Waals surface area contributed by atoms with Crippen molar-refractivity contribution in [3.8, 4) is 0 Å². The van der Waals surface area contributed by atoms with E-state index in [-0.39, 0.29) is 0 Å². The maximum atomic E-state index is 4.11. The van der Waals surface area contributed by atoms with E-state index in [4.69, 9.17) is 0 Å². The monoisotopic (exact) mass is 562 g/mol. The summed E-state index contributed by atoms with van der Waals surface area (Å²) >= 11 is 0. The Balaban J connectivity index is 3.45. The van der Waals surface area contributed by atoms with Crippen LogP contribution >= 0.6 is 0 Å². The van der Waals surface area contributed by atoms with E-state index in [9.17, 15) is 0 Å². The molecule has 1 unspecified atom stereocenters. The van der Waals surface area contributed by atoms with Gasteiger partial charge in [-0.3, -0.25) is 0 Å². The van der Waals surface area contributed by atoms with Gasteiger partial charge in [0.25, 0.3) is 0 Å². The van der Waals surface area contributed by atoms with Gasteiger partial charge in [-0.15, -0.1) is 0 Å². The minimum Gasteiger partial charge on any atom is -0.0654 e. The van der Waals surface area contributed by atoms with Gasteiger partial charge in [0.05, 0.1) is 0 Å². The highest BCUT2D eigenvalue weighted by molar-refractivity contribution is 4.62. The van der Waals surface area contributed by atoms with Gasteiger partial charge >= 0.3 is 0 Å². The number of hydrogen-bond donors (Lipinski definition) is 0. The van der Waals surface area contributed by atoms with Crippen LogP contribution in [0.25, 0.3) is 0 Å². The molecule has 0 heterocycles. The van der Waals surface area contributed by atoms with E-state index < -0.39 is 0 Å². The van der Waals surface area contributed by atoms with Crippen LogP contribution < -0.4 is 0 Å². The van der Waals surface area contributed by atoms with Crippen molar-refractivity contribution < 1.29 is 0 Å². The molecule has 0 rings (SSSR count). The maximum Gasteiger partial charge on any atom is -0.0414 e. The molecule has 0 N–H and O–H groups in total. The Hall–Kier alpha value is 0. The molecule has 0 aliphatic heterocycles. The number of unbranched alkanes of at least 4 members (excludes halogenated alkanes) is 30. The Labute approximate surface area is 257 Å². The van der Waals surface area contributed by atoms with Crippen LogP contribution in [0.4, 0.5) is 0 Å². The van der Waals surface area contributed by atoms with Crippen LogP contribution in [-0.2, 0) is 0 Å². The van der Waals surface area contributed by atoms with Crippen molar-refractivity contribution in [2.45, 2.75) is 245 Å². The Morgan fingerprint density at radius 2 is 0.475 bits per heavy atom. The van der Waals surface area contributed by atoms with Crippen molar-refractivity contribution >= 4 is 0 Å². The van der Waals surface area contributed by atoms with Crippen LogP contribution in [0, 0.1) is 12.8 Å². The summed E-state index contributed by atoms with van der Waals surface area (Å²) in [6.07, 6.45) is 52.6. The molecule has 0 bridgehead atoms. The zero-order chi connectivity index (χ0) is 29.0. The molecule has 0 aliphatic carbocycles. The molecule has 0 aliphatic rings. The molecule has 0 aromatic carbocycles. The first-order valence-electron chi connectivity index (χ1n) is 19.6. The summed E-state index contributed by atoms with van der Waals surface area (Å²) in [6, 6.07) is 0. The van der Waals surface area contributed by atoms with Gasteiger partial charge in [0.2, 0.25) is 0 Å². The van der Waals surface area contributed by atoms with E-state index in [0.29, 0.717) is 0 Å². The second-order valence-electron chi connectivity index (χ2n) is 13.7. The summed E-state index contributed by atoms with van der Waals surface area (Å²) in [6.45, 7) is 8.73. The molecular weight excluding hydrogens is 480 g/mol. The van der Waals surface area contributed by atoms with Gasteiger partial charge in [0, 0.05) is 0 Å². The Morgan fingerprint density at radius 3 is 0.700 bits per heavy atom. The van der Waals surface area contributed by atoms with Crippen molar-refractivity contribution in [2.75, 3.05) is 0 Å². The van der Waals surface area contributed by atoms with Crippen molar-refractivity contribution in [2.24, 2.45) is 5.92 Å². The average molecular weight is 562 g/mol. The van der Waals surface area contributed by atoms with Crippen molar-refractivity contribution in [1.82, 2.24) is 0 Å². The third kappa shape index (κ3) is 34.2. The molecule has 40 heavy (non-hydrogen) atoms. The number of rotatable bonds is 36. The predicted octanol–water partition coefficient (Wildman–Crippen LogP) is 15.5. The lowest BCUT2D eigenvalue weighted by atomic mass is 9.90. The fraction of sp³-hybridized carbons (Fsp3) is 0.975. The maximum absolute atomic E-state index is 4.11. The first-order valence-corrected chi connectivity index (χ1v) is 19.6. The topological polar surface area (TPSA) is 0 Å². The minimum absolute atomic E-state index is 0.996. The van der Waals surface area contributed by atoms with Gasteiger partial charge in [-0.05, 0) is 5.92 Å². The Morgan fingerprint density at radius 1 is 0.275 bits per heavy atom. The normalized spacial score (nSPS) is 12.4. The standard InChI is InChI=1S/C40H81/c1-4-7-10-12-14-16-18-20-22-24-26-28-30-32-34-36-39-40(37-9-6-3)38-35-33-31-29-27-25-23-21-19-17-15-13-11-8-5-2/h40H,3-39H2,1-2H3. The lowest BCUT2D eigenvalue weighted by Crippen LogP contribution is -2.01. The van der Waals surface area contributed by atoms with Gasteiger partial charge in [-0.1, -0.05) is 252 Å². The molecular formula is C40H81. The van der Waals surface area contributed by atoms with Crippen LogP contribution in [0.5, 0.6) is 0 Å². The molecule has 0 amide bonds. The van der Waals surface area contributed by atoms with E-state index in [1.165, 1.54) is 225 Å². The summed E-state index contributed by atoms with van der Waals surface area (Å²) < 4.78 is 0. The van der Waals surface area contributed by atoms with Crippen molar-refractivity contribution in [1.29, 1.82) is 0 Å².